The smallest absolute Gasteiger partial charge is 0.245 e. The van der Waals surface area contributed by atoms with E-state index in [4.69, 9.17) is 4.74 Å². The van der Waals surface area contributed by atoms with E-state index in [0.717, 1.165) is 60.9 Å². The molecule has 3 heterocycles. The van der Waals surface area contributed by atoms with E-state index in [9.17, 15) is 14.4 Å². The molecule has 1 aliphatic carbocycles. The van der Waals surface area contributed by atoms with E-state index in [1.165, 1.54) is 6.92 Å². The van der Waals surface area contributed by atoms with Crippen LogP contribution in [-0.4, -0.2) is 64.0 Å². The fraction of sp³-hybridized carbons (Fsp3) is 0.655. The molecule has 0 spiro atoms. The van der Waals surface area contributed by atoms with Crippen molar-refractivity contribution in [3.63, 3.8) is 0 Å². The standard InChI is InChI=1S/C29H40N4O4/c1-5-24(35)23-13-29-14-25(29)33(23)26(36)16-32-28-21(15-30-9-7-6-8-10-37-17-29)11-20(18(2)3)12-22(28)27(31-32)19(4)34/h11-12,18,23,25,30H,5-10,13-17H2,1-4H3/t23-,25+,29-/m0/s1. The number of carbonyl (C=O) groups is 3. The molecule has 1 N–H and O–H groups in total. The number of amides is 1. The van der Waals surface area contributed by atoms with Gasteiger partial charge in [0.2, 0.25) is 5.91 Å². The third-order valence-electron chi connectivity index (χ3n) is 8.50. The van der Waals surface area contributed by atoms with Crippen LogP contribution in [0.25, 0.3) is 10.9 Å². The summed E-state index contributed by atoms with van der Waals surface area (Å²) < 4.78 is 7.78. The first-order valence-electron chi connectivity index (χ1n) is 13.9. The van der Waals surface area contributed by atoms with Gasteiger partial charge >= 0.3 is 0 Å². The minimum Gasteiger partial charge on any atom is -0.381 e. The van der Waals surface area contributed by atoms with Gasteiger partial charge in [-0.1, -0.05) is 26.8 Å². The highest BCUT2D eigenvalue weighted by molar-refractivity contribution is 6.06. The number of carbonyl (C=O) groups excluding carboxylic acids is 3. The topological polar surface area (TPSA) is 93.5 Å². The monoisotopic (exact) mass is 508 g/mol. The Morgan fingerprint density at radius 3 is 2.76 bits per heavy atom. The average Bonchev–Trinajstić information content (AvgIpc) is 3.27. The zero-order valence-corrected chi connectivity index (χ0v) is 22.6. The quantitative estimate of drug-likeness (QED) is 0.628. The number of ether oxygens (including phenoxy) is 1. The summed E-state index contributed by atoms with van der Waals surface area (Å²) in [5.41, 5.74) is 3.33. The summed E-state index contributed by atoms with van der Waals surface area (Å²) in [6, 6.07) is 3.87. The predicted octanol–water partition coefficient (Wildman–Crippen LogP) is 3.99. The van der Waals surface area contributed by atoms with Gasteiger partial charge in [0.1, 0.15) is 12.2 Å². The lowest BCUT2D eigenvalue weighted by molar-refractivity contribution is -0.139. The molecule has 2 bridgehead atoms. The highest BCUT2D eigenvalue weighted by Gasteiger charge is 2.66. The van der Waals surface area contributed by atoms with Gasteiger partial charge in [0.05, 0.1) is 18.2 Å². The molecule has 1 aromatic heterocycles. The molecule has 2 aromatic rings. The van der Waals surface area contributed by atoms with Gasteiger partial charge in [0.25, 0.3) is 0 Å². The first-order chi connectivity index (χ1) is 17.8. The van der Waals surface area contributed by atoms with Gasteiger partial charge in [0.15, 0.2) is 11.6 Å². The van der Waals surface area contributed by atoms with Crippen LogP contribution in [0.3, 0.4) is 0 Å². The number of hydrogen-bond donors (Lipinski definition) is 1. The Labute approximate surface area is 219 Å². The molecule has 37 heavy (non-hydrogen) atoms. The lowest BCUT2D eigenvalue weighted by Gasteiger charge is -2.26. The summed E-state index contributed by atoms with van der Waals surface area (Å²) in [5, 5.41) is 9.04. The van der Waals surface area contributed by atoms with Gasteiger partial charge in [-0.25, -0.2) is 0 Å². The Morgan fingerprint density at radius 1 is 1.22 bits per heavy atom. The van der Waals surface area contributed by atoms with Crippen LogP contribution < -0.4 is 5.32 Å². The van der Waals surface area contributed by atoms with Gasteiger partial charge in [-0.2, -0.15) is 5.10 Å². The number of ketones is 2. The molecule has 200 valence electrons. The largest absolute Gasteiger partial charge is 0.381 e. The Hall–Kier alpha value is -2.58. The third-order valence-corrected chi connectivity index (χ3v) is 8.50. The first-order valence-corrected chi connectivity index (χ1v) is 13.9. The SMILES string of the molecule is CCC(=O)[C@@H]1C[C@]23COCCCCCNCc4cc(C(C)C)cc5c(C(C)=O)nn(c45)CC(=O)N1[C@@H]2C3. The van der Waals surface area contributed by atoms with Gasteiger partial charge in [-0.05, 0) is 61.8 Å². The van der Waals surface area contributed by atoms with Crippen molar-refractivity contribution < 1.29 is 19.1 Å². The summed E-state index contributed by atoms with van der Waals surface area (Å²) >= 11 is 0. The summed E-state index contributed by atoms with van der Waals surface area (Å²) in [7, 11) is 0. The van der Waals surface area contributed by atoms with Crippen molar-refractivity contribution in [2.24, 2.45) is 5.41 Å². The average molecular weight is 509 g/mol. The van der Waals surface area contributed by atoms with Crippen molar-refractivity contribution in [1.82, 2.24) is 20.0 Å². The second-order valence-corrected chi connectivity index (χ2v) is 11.5. The molecule has 2 fully saturated rings. The van der Waals surface area contributed by atoms with Crippen LogP contribution in [0.15, 0.2) is 12.1 Å². The van der Waals surface area contributed by atoms with E-state index >= 15 is 0 Å². The van der Waals surface area contributed by atoms with E-state index in [1.54, 1.807) is 4.68 Å². The fourth-order valence-electron chi connectivity index (χ4n) is 6.32. The molecule has 1 aromatic carbocycles. The Balaban J connectivity index is 1.57. The number of hydrogen-bond acceptors (Lipinski definition) is 6. The number of aromatic nitrogens is 2. The summed E-state index contributed by atoms with van der Waals surface area (Å²) in [5.74, 6) is 0.182. The maximum atomic E-state index is 13.9. The molecule has 1 saturated carbocycles. The van der Waals surface area contributed by atoms with Crippen LogP contribution in [-0.2, 0) is 27.4 Å². The van der Waals surface area contributed by atoms with Crippen LogP contribution in [0, 0.1) is 5.41 Å². The first kappa shape index (κ1) is 26.0. The van der Waals surface area contributed by atoms with E-state index in [-0.39, 0.29) is 35.5 Å². The van der Waals surface area contributed by atoms with Crippen molar-refractivity contribution in [2.45, 2.75) is 97.3 Å². The Bertz CT molecular complexity index is 1220. The van der Waals surface area contributed by atoms with Crippen LogP contribution in [0.5, 0.6) is 0 Å². The molecule has 1 saturated heterocycles. The number of rotatable bonds is 4. The van der Waals surface area contributed by atoms with Crippen LogP contribution in [0.4, 0.5) is 0 Å². The van der Waals surface area contributed by atoms with Gasteiger partial charge in [-0.15, -0.1) is 0 Å². The predicted molar refractivity (Wildman–Crippen MR) is 142 cm³/mol. The molecule has 5 rings (SSSR count). The lowest BCUT2D eigenvalue weighted by atomic mass is 9.96. The zero-order chi connectivity index (χ0) is 26.3. The van der Waals surface area contributed by atoms with Gasteiger partial charge in [-0.3, -0.25) is 19.1 Å². The van der Waals surface area contributed by atoms with Crippen LogP contribution >= 0.6 is 0 Å². The molecular weight excluding hydrogens is 468 g/mol. The van der Waals surface area contributed by atoms with E-state index in [0.29, 0.717) is 37.6 Å². The minimum absolute atomic E-state index is 0.0126. The van der Waals surface area contributed by atoms with Crippen molar-refractivity contribution in [2.75, 3.05) is 19.8 Å². The van der Waals surface area contributed by atoms with Crippen LogP contribution in [0.2, 0.25) is 0 Å². The summed E-state index contributed by atoms with van der Waals surface area (Å²) in [6.45, 7) is 10.5. The number of Topliss-reactive ketones (excluding diaryl/α,β-unsaturated/α-hetero) is 2. The molecule has 1 amide bonds. The molecule has 3 atom stereocenters. The Kier molecular flexibility index (Phi) is 7.24. The number of piperidine rings is 1. The molecule has 0 unspecified atom stereocenters. The van der Waals surface area contributed by atoms with E-state index in [2.05, 4.69) is 36.4 Å². The molecular formula is C29H40N4O4. The molecule has 8 nitrogen and oxygen atoms in total. The van der Waals surface area contributed by atoms with Crippen LogP contribution in [0.1, 0.15) is 93.8 Å². The number of nitrogens with zero attached hydrogens (tertiary/aromatic N) is 3. The van der Waals surface area contributed by atoms with E-state index < -0.39 is 6.04 Å². The van der Waals surface area contributed by atoms with Crippen molar-refractivity contribution in [1.29, 1.82) is 0 Å². The summed E-state index contributed by atoms with van der Waals surface area (Å²) in [6.07, 6.45) is 5.12. The second-order valence-electron chi connectivity index (χ2n) is 11.5. The van der Waals surface area contributed by atoms with E-state index in [1.807, 2.05) is 11.8 Å². The fourth-order valence-corrected chi connectivity index (χ4v) is 6.32. The molecule has 8 heteroatoms. The van der Waals surface area contributed by atoms with Crippen molar-refractivity contribution in [3.8, 4) is 0 Å². The third kappa shape index (κ3) is 4.86. The maximum absolute atomic E-state index is 13.9. The maximum Gasteiger partial charge on any atom is 0.245 e. The van der Waals surface area contributed by atoms with Gasteiger partial charge < -0.3 is 15.0 Å². The summed E-state index contributed by atoms with van der Waals surface area (Å²) in [4.78, 5) is 41.2. The second kappa shape index (κ2) is 10.3. The normalized spacial score (nSPS) is 26.8. The lowest BCUT2D eigenvalue weighted by Crippen LogP contribution is -2.44. The molecule has 0 radical (unpaired) electrons. The highest BCUT2D eigenvalue weighted by atomic mass is 16.5. The molecule has 2 aliphatic heterocycles. The minimum atomic E-state index is -0.401. The Morgan fingerprint density at radius 2 is 2.03 bits per heavy atom. The number of nitrogens with one attached hydrogen (secondary N) is 1. The van der Waals surface area contributed by atoms with Crippen molar-refractivity contribution in [3.05, 3.63) is 29.0 Å². The highest BCUT2D eigenvalue weighted by Crippen LogP contribution is 2.60. The van der Waals surface area contributed by atoms with Gasteiger partial charge in [0, 0.05) is 43.3 Å². The number of benzene rings is 1. The zero-order valence-electron chi connectivity index (χ0n) is 22.6. The molecule has 3 aliphatic rings. The van der Waals surface area contributed by atoms with Crippen molar-refractivity contribution >= 4 is 28.4 Å².